The van der Waals surface area contributed by atoms with Gasteiger partial charge in [0, 0.05) is 37.4 Å². The van der Waals surface area contributed by atoms with Gasteiger partial charge in [-0.25, -0.2) is 9.97 Å². The zero-order valence-electron chi connectivity index (χ0n) is 16.0. The van der Waals surface area contributed by atoms with Crippen molar-refractivity contribution in [1.29, 1.82) is 0 Å². The number of pyridine rings is 1. The number of hydrogen-bond acceptors (Lipinski definition) is 6. The molecule has 0 aromatic carbocycles. The van der Waals surface area contributed by atoms with Gasteiger partial charge in [0.1, 0.15) is 11.2 Å². The highest BCUT2D eigenvalue weighted by molar-refractivity contribution is 7.13. The van der Waals surface area contributed by atoms with Gasteiger partial charge in [-0.1, -0.05) is 19.9 Å². The fraction of sp³-hybridized carbons (Fsp3) is 0.400. The van der Waals surface area contributed by atoms with E-state index in [-0.39, 0.29) is 5.56 Å². The van der Waals surface area contributed by atoms with Crippen LogP contribution in [-0.2, 0) is 6.54 Å². The maximum atomic E-state index is 12.6. The van der Waals surface area contributed by atoms with Gasteiger partial charge in [-0.3, -0.25) is 24.2 Å². The average molecular weight is 398 g/mol. The highest BCUT2D eigenvalue weighted by Gasteiger charge is 2.22. The fourth-order valence-electron chi connectivity index (χ4n) is 3.93. The van der Waals surface area contributed by atoms with Crippen LogP contribution in [0.15, 0.2) is 40.8 Å². The van der Waals surface area contributed by atoms with E-state index in [1.165, 1.54) is 28.4 Å². The van der Waals surface area contributed by atoms with E-state index in [1.807, 2.05) is 5.38 Å². The lowest BCUT2D eigenvalue weighted by molar-refractivity contribution is 0.102. The van der Waals surface area contributed by atoms with E-state index in [0.717, 1.165) is 25.3 Å². The van der Waals surface area contributed by atoms with Crippen LogP contribution in [0.3, 0.4) is 0 Å². The monoisotopic (exact) mass is 397 g/mol. The summed E-state index contributed by atoms with van der Waals surface area (Å²) in [5.74, 6) is 0.891. The van der Waals surface area contributed by atoms with Crippen molar-refractivity contribution in [2.45, 2.75) is 26.8 Å². The zero-order chi connectivity index (χ0) is 19.7. The molecule has 146 valence electrons. The van der Waals surface area contributed by atoms with E-state index in [9.17, 15) is 9.59 Å². The van der Waals surface area contributed by atoms with Crippen molar-refractivity contribution in [1.82, 2.24) is 19.3 Å². The van der Waals surface area contributed by atoms with Crippen LogP contribution in [0.5, 0.6) is 0 Å². The number of carbonyl (C=O) groups is 1. The largest absolute Gasteiger partial charge is 0.298 e. The SMILES string of the molecule is C[C@H]1C[C@H](C)CN(Cc2csc(NC(=O)c3cnc4ccccn4c3=O)n2)C1. The Bertz CT molecular complexity index is 1050. The molecule has 1 amide bonds. The average Bonchev–Trinajstić information content (AvgIpc) is 3.08. The molecule has 1 aliphatic rings. The van der Waals surface area contributed by atoms with E-state index in [0.29, 0.717) is 22.6 Å². The molecule has 2 atom stereocenters. The number of thiazole rings is 1. The highest BCUT2D eigenvalue weighted by Crippen LogP contribution is 2.24. The first kappa shape index (κ1) is 18.8. The third kappa shape index (κ3) is 3.98. The van der Waals surface area contributed by atoms with Crippen molar-refractivity contribution in [3.63, 3.8) is 0 Å². The van der Waals surface area contributed by atoms with Crippen molar-refractivity contribution < 1.29 is 4.79 Å². The fourth-order valence-corrected chi connectivity index (χ4v) is 4.63. The number of nitrogens with one attached hydrogen (secondary N) is 1. The van der Waals surface area contributed by atoms with Crippen molar-refractivity contribution in [2.75, 3.05) is 18.4 Å². The number of amides is 1. The van der Waals surface area contributed by atoms with Crippen LogP contribution in [0.4, 0.5) is 5.13 Å². The molecule has 1 saturated heterocycles. The first-order chi connectivity index (χ1) is 13.5. The van der Waals surface area contributed by atoms with E-state index in [4.69, 9.17) is 0 Å². The number of anilines is 1. The maximum Gasteiger partial charge on any atom is 0.270 e. The lowest BCUT2D eigenvalue weighted by Gasteiger charge is -2.34. The zero-order valence-corrected chi connectivity index (χ0v) is 16.8. The molecule has 0 radical (unpaired) electrons. The molecule has 0 saturated carbocycles. The number of likely N-dealkylation sites (tertiary alicyclic amines) is 1. The van der Waals surface area contributed by atoms with Crippen molar-refractivity contribution in [2.24, 2.45) is 11.8 Å². The Hall–Kier alpha value is -2.58. The molecule has 8 heteroatoms. The van der Waals surface area contributed by atoms with Gasteiger partial charge >= 0.3 is 0 Å². The van der Waals surface area contributed by atoms with Crippen molar-refractivity contribution in [3.05, 3.63) is 57.6 Å². The molecule has 1 fully saturated rings. The van der Waals surface area contributed by atoms with Crippen LogP contribution in [0, 0.1) is 11.8 Å². The van der Waals surface area contributed by atoms with Gasteiger partial charge in [-0.2, -0.15) is 0 Å². The van der Waals surface area contributed by atoms with E-state index in [1.54, 1.807) is 24.4 Å². The summed E-state index contributed by atoms with van der Waals surface area (Å²) < 4.78 is 1.36. The molecule has 28 heavy (non-hydrogen) atoms. The van der Waals surface area contributed by atoms with Gasteiger partial charge in [0.25, 0.3) is 11.5 Å². The molecule has 7 nitrogen and oxygen atoms in total. The highest BCUT2D eigenvalue weighted by atomic mass is 32.1. The van der Waals surface area contributed by atoms with Crippen LogP contribution in [0.25, 0.3) is 5.65 Å². The first-order valence-corrected chi connectivity index (χ1v) is 10.3. The molecular formula is C20H23N5O2S. The summed E-state index contributed by atoms with van der Waals surface area (Å²) in [6.07, 6.45) is 4.19. The lowest BCUT2D eigenvalue weighted by atomic mass is 9.92. The number of carbonyl (C=O) groups excluding carboxylic acids is 1. The maximum absolute atomic E-state index is 12.6. The predicted octanol–water partition coefficient (Wildman–Crippen LogP) is 2.88. The van der Waals surface area contributed by atoms with Crippen LogP contribution >= 0.6 is 11.3 Å². The summed E-state index contributed by atoms with van der Waals surface area (Å²) in [6.45, 7) is 7.49. The van der Waals surface area contributed by atoms with Gasteiger partial charge in [-0.15, -0.1) is 11.3 Å². The molecule has 1 aliphatic heterocycles. The standard InChI is InChI=1S/C20H23N5O2S/c1-13-7-14(2)10-24(9-13)11-15-12-28-20(22-15)23-18(26)16-8-21-17-5-3-4-6-25(17)19(16)27/h3-6,8,12-14H,7,9-11H2,1-2H3,(H,22,23,26)/t13-,14-/m0/s1. The Balaban J connectivity index is 1.46. The molecule has 1 N–H and O–H groups in total. The second kappa shape index (κ2) is 7.81. The smallest absolute Gasteiger partial charge is 0.270 e. The molecule has 4 rings (SSSR count). The van der Waals surface area contributed by atoms with Crippen LogP contribution in [-0.4, -0.2) is 38.3 Å². The summed E-state index contributed by atoms with van der Waals surface area (Å²) >= 11 is 1.37. The summed E-state index contributed by atoms with van der Waals surface area (Å²) in [7, 11) is 0. The van der Waals surface area contributed by atoms with Gasteiger partial charge in [0.15, 0.2) is 5.13 Å². The molecule has 3 aromatic rings. The normalized spacial score (nSPS) is 20.4. The van der Waals surface area contributed by atoms with Crippen LogP contribution < -0.4 is 10.9 Å². The van der Waals surface area contributed by atoms with Gasteiger partial charge in [0.05, 0.1) is 5.69 Å². The first-order valence-electron chi connectivity index (χ1n) is 9.44. The van der Waals surface area contributed by atoms with Crippen molar-refractivity contribution in [3.8, 4) is 0 Å². The summed E-state index contributed by atoms with van der Waals surface area (Å²) in [6, 6.07) is 5.24. The Morgan fingerprint density at radius 1 is 1.29 bits per heavy atom. The quantitative estimate of drug-likeness (QED) is 0.732. The second-order valence-corrected chi connectivity index (χ2v) is 8.50. The van der Waals surface area contributed by atoms with Gasteiger partial charge in [0.2, 0.25) is 0 Å². The number of fused-ring (bicyclic) bond motifs is 1. The number of aromatic nitrogens is 3. The number of rotatable bonds is 4. The molecule has 0 aliphatic carbocycles. The Labute approximate surface area is 167 Å². The van der Waals surface area contributed by atoms with Gasteiger partial charge in [-0.05, 0) is 30.4 Å². The van der Waals surface area contributed by atoms with E-state index < -0.39 is 11.5 Å². The Morgan fingerprint density at radius 3 is 2.86 bits per heavy atom. The molecule has 0 unspecified atom stereocenters. The number of nitrogens with zero attached hydrogens (tertiary/aromatic N) is 4. The third-order valence-electron chi connectivity index (χ3n) is 4.96. The van der Waals surface area contributed by atoms with Crippen LogP contribution in [0.2, 0.25) is 0 Å². The number of piperidine rings is 1. The summed E-state index contributed by atoms with van der Waals surface area (Å²) in [4.78, 5) is 36.2. The second-order valence-electron chi connectivity index (χ2n) is 7.64. The minimum Gasteiger partial charge on any atom is -0.298 e. The minimum atomic E-state index is -0.489. The Kier molecular flexibility index (Phi) is 5.23. The topological polar surface area (TPSA) is 79.6 Å². The van der Waals surface area contributed by atoms with Crippen LogP contribution in [0.1, 0.15) is 36.3 Å². The molecule has 0 bridgehead atoms. The lowest BCUT2D eigenvalue weighted by Crippen LogP contribution is -2.38. The van der Waals surface area contributed by atoms with E-state index in [2.05, 4.69) is 34.0 Å². The third-order valence-corrected chi connectivity index (χ3v) is 5.77. The molecule has 4 heterocycles. The Morgan fingerprint density at radius 2 is 2.07 bits per heavy atom. The molecule has 3 aromatic heterocycles. The van der Waals surface area contributed by atoms with Crippen molar-refractivity contribution >= 4 is 28.0 Å². The minimum absolute atomic E-state index is 0.000805. The van der Waals surface area contributed by atoms with E-state index >= 15 is 0 Å². The molecule has 0 spiro atoms. The number of hydrogen-bond donors (Lipinski definition) is 1. The van der Waals surface area contributed by atoms with Gasteiger partial charge < -0.3 is 0 Å². The molecular weight excluding hydrogens is 374 g/mol. The predicted molar refractivity (Wildman–Crippen MR) is 110 cm³/mol. The summed E-state index contributed by atoms with van der Waals surface area (Å²) in [5.41, 5.74) is 1.05. The summed E-state index contributed by atoms with van der Waals surface area (Å²) in [5, 5.41) is 5.19.